The number of hydrogen-bond donors (Lipinski definition) is 1. The Labute approximate surface area is 121 Å². The largest absolute Gasteiger partial charge is 0.479 e. The van der Waals surface area contributed by atoms with Gasteiger partial charge in [-0.2, -0.15) is 0 Å². The molecule has 1 saturated carbocycles. The van der Waals surface area contributed by atoms with Crippen LogP contribution in [-0.4, -0.2) is 47.7 Å². The van der Waals surface area contributed by atoms with Gasteiger partial charge < -0.3 is 14.7 Å². The molecule has 3 rings (SSSR count). The van der Waals surface area contributed by atoms with Gasteiger partial charge in [0.2, 0.25) is 5.91 Å². The highest BCUT2D eigenvalue weighted by atomic mass is 32.1. The lowest BCUT2D eigenvalue weighted by molar-refractivity contribution is -0.159. The minimum Gasteiger partial charge on any atom is -0.479 e. The molecule has 0 spiro atoms. The Balaban J connectivity index is 1.61. The van der Waals surface area contributed by atoms with Gasteiger partial charge in [-0.1, -0.05) is 0 Å². The highest BCUT2D eigenvalue weighted by Gasteiger charge is 2.47. The van der Waals surface area contributed by atoms with Gasteiger partial charge in [0.05, 0.1) is 13.2 Å². The third-order valence-corrected chi connectivity index (χ3v) is 5.02. The Kier molecular flexibility index (Phi) is 3.52. The summed E-state index contributed by atoms with van der Waals surface area (Å²) < 4.78 is 5.14. The molecular weight excluding hydrogens is 278 g/mol. The van der Waals surface area contributed by atoms with E-state index in [0.29, 0.717) is 19.1 Å². The molecule has 1 amide bonds. The van der Waals surface area contributed by atoms with Gasteiger partial charge in [0.25, 0.3) is 0 Å². The van der Waals surface area contributed by atoms with E-state index in [9.17, 15) is 9.59 Å². The number of carboxylic acids is 1. The number of nitrogens with zero attached hydrogens (tertiary/aromatic N) is 1. The predicted molar refractivity (Wildman–Crippen MR) is 73.9 cm³/mol. The molecule has 6 heteroatoms. The number of carbonyl (C=O) groups is 2. The average molecular weight is 295 g/mol. The third kappa shape index (κ3) is 2.58. The summed E-state index contributed by atoms with van der Waals surface area (Å²) in [5.74, 6) is -0.563. The summed E-state index contributed by atoms with van der Waals surface area (Å²) in [6.07, 6.45) is 0.00215. The van der Waals surface area contributed by atoms with Crippen LogP contribution in [0.5, 0.6) is 0 Å². The van der Waals surface area contributed by atoms with Crippen LogP contribution >= 0.6 is 11.3 Å². The molecule has 2 heterocycles. The second-order valence-corrected chi connectivity index (χ2v) is 6.70. The van der Waals surface area contributed by atoms with E-state index in [4.69, 9.17) is 9.84 Å². The molecule has 1 aliphatic carbocycles. The van der Waals surface area contributed by atoms with Gasteiger partial charge in [-0.15, -0.1) is 11.3 Å². The van der Waals surface area contributed by atoms with Crippen molar-refractivity contribution in [1.29, 1.82) is 0 Å². The van der Waals surface area contributed by atoms with E-state index in [-0.39, 0.29) is 18.4 Å². The predicted octanol–water partition coefficient (Wildman–Crippen LogP) is 1.47. The summed E-state index contributed by atoms with van der Waals surface area (Å²) in [4.78, 5) is 27.5. The van der Waals surface area contributed by atoms with Gasteiger partial charge in [-0.3, -0.25) is 4.79 Å². The molecule has 1 aliphatic heterocycles. The second-order valence-electron chi connectivity index (χ2n) is 5.38. The van der Waals surface area contributed by atoms with Crippen LogP contribution in [0.3, 0.4) is 0 Å². The van der Waals surface area contributed by atoms with Gasteiger partial charge in [0.1, 0.15) is 0 Å². The van der Waals surface area contributed by atoms with Crippen molar-refractivity contribution in [3.05, 3.63) is 21.9 Å². The van der Waals surface area contributed by atoms with Gasteiger partial charge in [-0.05, 0) is 25.5 Å². The van der Waals surface area contributed by atoms with Crippen molar-refractivity contribution < 1.29 is 19.4 Å². The monoisotopic (exact) mass is 295 g/mol. The minimum atomic E-state index is -0.997. The standard InChI is InChI=1S/C14H17NO4S/c1-8-2-3-12(20-8)9-6-10(9)13(16)15-4-5-19-11(7-15)14(17)18/h2-3,9-11H,4-7H2,1H3,(H,17,18)/t9-,10-,11+/m1/s1. The van der Waals surface area contributed by atoms with Crippen molar-refractivity contribution >= 4 is 23.2 Å². The van der Waals surface area contributed by atoms with E-state index < -0.39 is 12.1 Å². The van der Waals surface area contributed by atoms with E-state index in [1.54, 1.807) is 16.2 Å². The van der Waals surface area contributed by atoms with Crippen molar-refractivity contribution in [2.45, 2.75) is 25.4 Å². The third-order valence-electron chi connectivity index (χ3n) is 3.89. The van der Waals surface area contributed by atoms with Crippen molar-refractivity contribution in [1.82, 2.24) is 4.90 Å². The molecule has 2 fully saturated rings. The van der Waals surface area contributed by atoms with Gasteiger partial charge in [0, 0.05) is 28.1 Å². The molecule has 1 N–H and O–H groups in total. The highest BCUT2D eigenvalue weighted by Crippen LogP contribution is 2.50. The zero-order valence-electron chi connectivity index (χ0n) is 11.2. The summed E-state index contributed by atoms with van der Waals surface area (Å²) in [6, 6.07) is 4.17. The lowest BCUT2D eigenvalue weighted by Gasteiger charge is -2.31. The van der Waals surface area contributed by atoms with Crippen LogP contribution in [0.1, 0.15) is 22.1 Å². The Bertz CT molecular complexity index is 541. The highest BCUT2D eigenvalue weighted by molar-refractivity contribution is 7.12. The zero-order valence-corrected chi connectivity index (χ0v) is 12.1. The Morgan fingerprint density at radius 1 is 1.45 bits per heavy atom. The summed E-state index contributed by atoms with van der Waals surface area (Å²) >= 11 is 1.74. The van der Waals surface area contributed by atoms with Crippen LogP contribution in [0.4, 0.5) is 0 Å². The first-order chi connectivity index (χ1) is 9.56. The number of rotatable bonds is 3. The topological polar surface area (TPSA) is 66.8 Å². The maximum atomic E-state index is 12.4. The number of aryl methyl sites for hydroxylation is 1. The van der Waals surface area contributed by atoms with Gasteiger partial charge >= 0.3 is 5.97 Å². The molecule has 3 atom stereocenters. The molecule has 108 valence electrons. The lowest BCUT2D eigenvalue weighted by Crippen LogP contribution is -2.49. The smallest absolute Gasteiger partial charge is 0.334 e. The number of ether oxygens (including phenoxy) is 1. The minimum absolute atomic E-state index is 0.0283. The number of morpholine rings is 1. The molecule has 1 saturated heterocycles. The van der Waals surface area contributed by atoms with Crippen LogP contribution in [0, 0.1) is 12.8 Å². The van der Waals surface area contributed by atoms with E-state index >= 15 is 0 Å². The van der Waals surface area contributed by atoms with E-state index in [0.717, 1.165) is 6.42 Å². The second kappa shape index (κ2) is 5.18. The molecule has 0 bridgehead atoms. The first-order valence-electron chi connectivity index (χ1n) is 6.76. The van der Waals surface area contributed by atoms with Crippen molar-refractivity contribution in [2.75, 3.05) is 19.7 Å². The number of carboxylic acid groups (broad SMARTS) is 1. The normalized spacial score (nSPS) is 29.2. The molecule has 2 aliphatic rings. The van der Waals surface area contributed by atoms with E-state index in [1.165, 1.54) is 9.75 Å². The van der Waals surface area contributed by atoms with Crippen LogP contribution in [0.15, 0.2) is 12.1 Å². The zero-order chi connectivity index (χ0) is 14.3. The molecule has 5 nitrogen and oxygen atoms in total. The number of aliphatic carboxylic acids is 1. The van der Waals surface area contributed by atoms with Gasteiger partial charge in [-0.25, -0.2) is 4.79 Å². The SMILES string of the molecule is Cc1ccc([C@@H]2C[C@H]2C(=O)N2CCO[C@H](C(=O)O)C2)s1. The first kappa shape index (κ1) is 13.6. The number of thiophene rings is 1. The fraction of sp³-hybridized carbons (Fsp3) is 0.571. The Morgan fingerprint density at radius 3 is 2.90 bits per heavy atom. The van der Waals surface area contributed by atoms with E-state index in [2.05, 4.69) is 19.1 Å². The molecular formula is C14H17NO4S. The molecule has 0 aromatic carbocycles. The quantitative estimate of drug-likeness (QED) is 0.917. The summed E-state index contributed by atoms with van der Waals surface area (Å²) in [6.45, 7) is 3.03. The van der Waals surface area contributed by atoms with Crippen molar-refractivity contribution in [3.63, 3.8) is 0 Å². The summed E-state index contributed by atoms with van der Waals surface area (Å²) in [5.41, 5.74) is 0. The summed E-state index contributed by atoms with van der Waals surface area (Å²) in [5, 5.41) is 8.96. The lowest BCUT2D eigenvalue weighted by atomic mass is 10.2. The van der Waals surface area contributed by atoms with Crippen LogP contribution in [-0.2, 0) is 14.3 Å². The van der Waals surface area contributed by atoms with E-state index in [1.807, 2.05) is 0 Å². The fourth-order valence-electron chi connectivity index (χ4n) is 2.67. The molecule has 0 radical (unpaired) electrons. The van der Waals surface area contributed by atoms with Gasteiger partial charge in [0.15, 0.2) is 6.10 Å². The first-order valence-corrected chi connectivity index (χ1v) is 7.57. The number of amides is 1. The maximum Gasteiger partial charge on any atom is 0.334 e. The number of carbonyl (C=O) groups excluding carboxylic acids is 1. The number of hydrogen-bond acceptors (Lipinski definition) is 4. The molecule has 0 unspecified atom stereocenters. The molecule has 20 heavy (non-hydrogen) atoms. The fourth-order valence-corrected chi connectivity index (χ4v) is 3.72. The Hall–Kier alpha value is -1.40. The maximum absolute atomic E-state index is 12.4. The van der Waals surface area contributed by atoms with Crippen molar-refractivity contribution in [3.8, 4) is 0 Å². The van der Waals surface area contributed by atoms with Crippen LogP contribution in [0.2, 0.25) is 0 Å². The molecule has 1 aromatic rings. The molecule has 1 aromatic heterocycles. The van der Waals surface area contributed by atoms with Crippen LogP contribution in [0.25, 0.3) is 0 Å². The van der Waals surface area contributed by atoms with Crippen LogP contribution < -0.4 is 0 Å². The summed E-state index contributed by atoms with van der Waals surface area (Å²) in [7, 11) is 0. The average Bonchev–Trinajstić information content (AvgIpc) is 3.13. The van der Waals surface area contributed by atoms with Crippen molar-refractivity contribution in [2.24, 2.45) is 5.92 Å². The Morgan fingerprint density at radius 2 is 2.25 bits per heavy atom.